The van der Waals surface area contributed by atoms with E-state index in [1.807, 2.05) is 44.2 Å². The smallest absolute Gasteiger partial charge is 0.450 e. The Labute approximate surface area is 101 Å². The maximum absolute atomic E-state index is 10.6. The normalized spacial score (nSPS) is 15.9. The van der Waals surface area contributed by atoms with Crippen LogP contribution in [0.1, 0.15) is 26.3 Å². The van der Waals surface area contributed by atoms with Gasteiger partial charge < -0.3 is 14.6 Å². The first-order valence-electron chi connectivity index (χ1n) is 5.59. The minimum Gasteiger partial charge on any atom is -0.450 e. The number of carboxylic acid groups (broad SMARTS) is 1. The van der Waals surface area contributed by atoms with Crippen molar-refractivity contribution in [2.24, 2.45) is 0 Å². The Hall–Kier alpha value is -1.55. The van der Waals surface area contributed by atoms with Gasteiger partial charge in [-0.05, 0) is 26.3 Å². The van der Waals surface area contributed by atoms with Crippen LogP contribution in [0.3, 0.4) is 0 Å². The summed E-state index contributed by atoms with van der Waals surface area (Å²) in [4.78, 5) is 10.6. The van der Waals surface area contributed by atoms with Crippen molar-refractivity contribution < 1.29 is 19.4 Å². The molecule has 0 aliphatic carbocycles. The Morgan fingerprint density at radius 3 is 2.47 bits per heavy atom. The number of rotatable bonds is 5. The number of benzene rings is 1. The molecule has 2 atom stereocenters. The van der Waals surface area contributed by atoms with Gasteiger partial charge in [0.2, 0.25) is 0 Å². The van der Waals surface area contributed by atoms with E-state index in [0.717, 1.165) is 5.56 Å². The molecule has 0 aromatic heterocycles. The van der Waals surface area contributed by atoms with Crippen molar-refractivity contribution in [3.05, 3.63) is 35.9 Å². The van der Waals surface area contributed by atoms with Gasteiger partial charge in [-0.3, -0.25) is 0 Å². The largest absolute Gasteiger partial charge is 0.506 e. The highest BCUT2D eigenvalue weighted by Crippen LogP contribution is 2.31. The predicted molar refractivity (Wildman–Crippen MR) is 64.0 cm³/mol. The quantitative estimate of drug-likeness (QED) is 0.801. The molecule has 0 amide bonds. The molecule has 17 heavy (non-hydrogen) atoms. The van der Waals surface area contributed by atoms with E-state index >= 15 is 0 Å². The highest BCUT2D eigenvalue weighted by atomic mass is 16.7. The predicted octanol–water partition coefficient (Wildman–Crippen LogP) is 3.02. The maximum Gasteiger partial charge on any atom is 0.506 e. The molecule has 1 rings (SSSR count). The zero-order valence-corrected chi connectivity index (χ0v) is 10.3. The van der Waals surface area contributed by atoms with Crippen LogP contribution in [-0.4, -0.2) is 24.0 Å². The number of hydrogen-bond acceptors (Lipinski definition) is 3. The van der Waals surface area contributed by atoms with Crippen molar-refractivity contribution in [2.45, 2.75) is 32.5 Å². The van der Waals surface area contributed by atoms with Crippen molar-refractivity contribution in [1.29, 1.82) is 0 Å². The van der Waals surface area contributed by atoms with Crippen molar-refractivity contribution in [3.63, 3.8) is 0 Å². The molecule has 0 spiro atoms. The SMILES string of the molecule is CCOC(C)(c1ccccc1)C(C)OC(=O)O. The summed E-state index contributed by atoms with van der Waals surface area (Å²) in [5.41, 5.74) is 0.129. The lowest BCUT2D eigenvalue weighted by Gasteiger charge is -2.34. The van der Waals surface area contributed by atoms with Crippen molar-refractivity contribution in [1.82, 2.24) is 0 Å². The molecule has 0 heterocycles. The van der Waals surface area contributed by atoms with Gasteiger partial charge in [-0.1, -0.05) is 30.3 Å². The molecule has 0 fully saturated rings. The summed E-state index contributed by atoms with van der Waals surface area (Å²) in [6.07, 6.45) is -1.87. The summed E-state index contributed by atoms with van der Waals surface area (Å²) in [5.74, 6) is 0. The first kappa shape index (κ1) is 13.5. The lowest BCUT2D eigenvalue weighted by atomic mass is 9.90. The van der Waals surface area contributed by atoms with E-state index in [-0.39, 0.29) is 0 Å². The van der Waals surface area contributed by atoms with Crippen LogP contribution in [0.4, 0.5) is 4.79 Å². The molecule has 1 N–H and O–H groups in total. The second-order valence-electron chi connectivity index (χ2n) is 3.93. The molecular formula is C13H18O4. The van der Waals surface area contributed by atoms with Crippen LogP contribution in [0.25, 0.3) is 0 Å². The van der Waals surface area contributed by atoms with E-state index in [1.165, 1.54) is 0 Å². The molecule has 1 aromatic carbocycles. The topological polar surface area (TPSA) is 55.8 Å². The highest BCUT2D eigenvalue weighted by molar-refractivity contribution is 5.57. The van der Waals surface area contributed by atoms with Crippen LogP contribution in [0.5, 0.6) is 0 Å². The Bertz CT molecular complexity index is 363. The lowest BCUT2D eigenvalue weighted by molar-refractivity contribution is -0.117. The fourth-order valence-electron chi connectivity index (χ4n) is 1.77. The molecule has 0 bridgehead atoms. The summed E-state index contributed by atoms with van der Waals surface area (Å²) in [6, 6.07) is 9.48. The van der Waals surface area contributed by atoms with Gasteiger partial charge in [-0.2, -0.15) is 0 Å². The molecule has 0 radical (unpaired) electrons. The van der Waals surface area contributed by atoms with E-state index in [2.05, 4.69) is 0 Å². The molecule has 0 saturated carbocycles. The average Bonchev–Trinajstić information content (AvgIpc) is 2.29. The van der Waals surface area contributed by atoms with E-state index in [0.29, 0.717) is 6.61 Å². The van der Waals surface area contributed by atoms with Gasteiger partial charge in [0.1, 0.15) is 11.7 Å². The summed E-state index contributed by atoms with van der Waals surface area (Å²) >= 11 is 0. The number of carbonyl (C=O) groups is 1. The molecule has 94 valence electrons. The van der Waals surface area contributed by atoms with Crippen LogP contribution in [0.2, 0.25) is 0 Å². The van der Waals surface area contributed by atoms with Crippen molar-refractivity contribution >= 4 is 6.16 Å². The van der Waals surface area contributed by atoms with E-state index in [4.69, 9.17) is 14.6 Å². The van der Waals surface area contributed by atoms with E-state index in [1.54, 1.807) is 6.92 Å². The molecule has 0 aliphatic heterocycles. The van der Waals surface area contributed by atoms with Gasteiger partial charge in [0, 0.05) is 6.61 Å². The number of hydrogen-bond donors (Lipinski definition) is 1. The van der Waals surface area contributed by atoms with Crippen molar-refractivity contribution in [2.75, 3.05) is 6.61 Å². The zero-order valence-electron chi connectivity index (χ0n) is 10.3. The van der Waals surface area contributed by atoms with Crippen LogP contribution in [0.15, 0.2) is 30.3 Å². The van der Waals surface area contributed by atoms with E-state index in [9.17, 15) is 4.79 Å². The molecule has 0 saturated heterocycles. The fourth-order valence-corrected chi connectivity index (χ4v) is 1.77. The zero-order chi connectivity index (χ0) is 12.9. The van der Waals surface area contributed by atoms with Gasteiger partial charge in [0.05, 0.1) is 0 Å². The average molecular weight is 238 g/mol. The molecule has 4 nitrogen and oxygen atoms in total. The Morgan fingerprint density at radius 1 is 1.41 bits per heavy atom. The second kappa shape index (κ2) is 5.68. The van der Waals surface area contributed by atoms with Gasteiger partial charge in [-0.15, -0.1) is 0 Å². The van der Waals surface area contributed by atoms with Gasteiger partial charge in [0.25, 0.3) is 0 Å². The van der Waals surface area contributed by atoms with Gasteiger partial charge in [-0.25, -0.2) is 4.79 Å². The maximum atomic E-state index is 10.6. The molecule has 2 unspecified atom stereocenters. The second-order valence-corrected chi connectivity index (χ2v) is 3.93. The van der Waals surface area contributed by atoms with Crippen LogP contribution >= 0.6 is 0 Å². The lowest BCUT2D eigenvalue weighted by Crippen LogP contribution is -2.40. The Kier molecular flexibility index (Phi) is 4.52. The minimum absolute atomic E-state index is 0.485. The van der Waals surface area contributed by atoms with E-state index < -0.39 is 17.9 Å². The highest BCUT2D eigenvalue weighted by Gasteiger charge is 2.36. The summed E-state index contributed by atoms with van der Waals surface area (Å²) in [5, 5.41) is 8.68. The first-order chi connectivity index (χ1) is 8.00. The monoisotopic (exact) mass is 238 g/mol. The Balaban J connectivity index is 3.00. The fraction of sp³-hybridized carbons (Fsp3) is 0.462. The van der Waals surface area contributed by atoms with Crippen molar-refractivity contribution in [3.8, 4) is 0 Å². The van der Waals surface area contributed by atoms with Gasteiger partial charge >= 0.3 is 6.16 Å². The first-order valence-corrected chi connectivity index (χ1v) is 5.59. The molecule has 1 aromatic rings. The third-order valence-electron chi connectivity index (χ3n) is 2.84. The van der Waals surface area contributed by atoms with Crippen LogP contribution in [-0.2, 0) is 15.1 Å². The van der Waals surface area contributed by atoms with Crippen LogP contribution in [0, 0.1) is 0 Å². The van der Waals surface area contributed by atoms with Crippen LogP contribution < -0.4 is 0 Å². The third-order valence-corrected chi connectivity index (χ3v) is 2.84. The molecule has 0 aliphatic rings. The standard InChI is InChI=1S/C13H18O4/c1-4-16-13(3,10(2)17-12(14)15)11-8-6-5-7-9-11/h5-10H,4H2,1-3H3,(H,14,15). The summed E-state index contributed by atoms with van der Waals surface area (Å²) in [7, 11) is 0. The molecule has 4 heteroatoms. The summed E-state index contributed by atoms with van der Waals surface area (Å²) in [6.45, 7) is 5.88. The molecular weight excluding hydrogens is 220 g/mol. The van der Waals surface area contributed by atoms with Gasteiger partial charge in [0.15, 0.2) is 0 Å². The number of ether oxygens (including phenoxy) is 2. The minimum atomic E-state index is -1.29. The third kappa shape index (κ3) is 3.20. The summed E-state index contributed by atoms with van der Waals surface area (Å²) < 4.78 is 10.5. The Morgan fingerprint density at radius 2 is 2.00 bits per heavy atom.